The molecule has 19 heavy (non-hydrogen) atoms. The fraction of sp³-hybridized carbons (Fsp3) is 0.533. The van der Waals surface area contributed by atoms with Crippen LogP contribution in [0.3, 0.4) is 0 Å². The highest BCUT2D eigenvalue weighted by molar-refractivity contribution is 7.99. The zero-order valence-electron chi connectivity index (χ0n) is 11.2. The summed E-state index contributed by atoms with van der Waals surface area (Å²) >= 11 is 7.62. The number of hydrogen-bond donors (Lipinski definition) is 1. The molecule has 0 heterocycles. The number of hydrogen-bond acceptors (Lipinski definition) is 2. The summed E-state index contributed by atoms with van der Waals surface area (Å²) in [6, 6.07) is 7.85. The largest absolute Gasteiger partial charge is 0.346 e. The van der Waals surface area contributed by atoms with Crippen molar-refractivity contribution in [3.05, 3.63) is 34.9 Å². The summed E-state index contributed by atoms with van der Waals surface area (Å²) in [6.45, 7) is 2.13. The van der Waals surface area contributed by atoms with Crippen LogP contribution in [0, 0.1) is 0 Å². The van der Waals surface area contributed by atoms with Crippen molar-refractivity contribution in [3.8, 4) is 0 Å². The molecule has 0 aromatic heterocycles. The smallest absolute Gasteiger partial charge is 0.230 e. The highest BCUT2D eigenvalue weighted by Gasteiger charge is 2.39. The average Bonchev–Trinajstić information content (AvgIpc) is 2.35. The predicted molar refractivity (Wildman–Crippen MR) is 82.7 cm³/mol. The zero-order valence-corrected chi connectivity index (χ0v) is 12.8. The average molecular weight is 298 g/mol. The first-order valence-electron chi connectivity index (χ1n) is 6.81. The number of rotatable bonds is 6. The lowest BCUT2D eigenvalue weighted by atomic mass is 9.72. The maximum absolute atomic E-state index is 12.0. The Morgan fingerprint density at radius 3 is 2.58 bits per heavy atom. The molecule has 0 atom stereocenters. The van der Waals surface area contributed by atoms with Crippen LogP contribution in [0.5, 0.6) is 0 Å². The Balaban J connectivity index is 1.98. The standard InChI is InChI=1S/C15H20ClNOS/c1-2-10-19-11-14(18)17-15(8-3-9-15)12-4-6-13(16)7-5-12/h4-7H,2-3,8-11H2,1H3,(H,17,18). The van der Waals surface area contributed by atoms with E-state index < -0.39 is 0 Å². The molecule has 0 saturated heterocycles. The van der Waals surface area contributed by atoms with Crippen LogP contribution in [0.1, 0.15) is 38.2 Å². The van der Waals surface area contributed by atoms with Gasteiger partial charge in [-0.2, -0.15) is 11.8 Å². The van der Waals surface area contributed by atoms with Gasteiger partial charge in [0.15, 0.2) is 0 Å². The fourth-order valence-electron chi connectivity index (χ4n) is 2.40. The molecule has 0 unspecified atom stereocenters. The van der Waals surface area contributed by atoms with E-state index in [9.17, 15) is 4.79 Å². The quantitative estimate of drug-likeness (QED) is 0.805. The molecule has 1 aliphatic rings. The van der Waals surface area contributed by atoms with Crippen LogP contribution in [-0.4, -0.2) is 17.4 Å². The highest BCUT2D eigenvalue weighted by atomic mass is 35.5. The SMILES string of the molecule is CCCSCC(=O)NC1(c2ccc(Cl)cc2)CCC1. The van der Waals surface area contributed by atoms with Gasteiger partial charge in [0.1, 0.15) is 0 Å². The number of amides is 1. The molecule has 0 spiro atoms. The van der Waals surface area contributed by atoms with Gasteiger partial charge in [0, 0.05) is 5.02 Å². The molecule has 0 aliphatic heterocycles. The number of thioether (sulfide) groups is 1. The van der Waals surface area contributed by atoms with Gasteiger partial charge in [-0.25, -0.2) is 0 Å². The maximum atomic E-state index is 12.0. The molecule has 104 valence electrons. The van der Waals surface area contributed by atoms with E-state index in [4.69, 9.17) is 11.6 Å². The van der Waals surface area contributed by atoms with Crippen molar-refractivity contribution in [3.63, 3.8) is 0 Å². The van der Waals surface area contributed by atoms with Crippen molar-refractivity contribution >= 4 is 29.3 Å². The second-order valence-electron chi connectivity index (χ2n) is 5.04. The van der Waals surface area contributed by atoms with Crippen molar-refractivity contribution < 1.29 is 4.79 Å². The van der Waals surface area contributed by atoms with Gasteiger partial charge < -0.3 is 5.32 Å². The van der Waals surface area contributed by atoms with Gasteiger partial charge in [-0.05, 0) is 49.1 Å². The van der Waals surface area contributed by atoms with E-state index in [1.165, 1.54) is 12.0 Å². The number of benzene rings is 1. The molecule has 1 aromatic rings. The summed E-state index contributed by atoms with van der Waals surface area (Å²) in [6.07, 6.45) is 4.34. The van der Waals surface area contributed by atoms with Crippen LogP contribution in [0.15, 0.2) is 24.3 Å². The van der Waals surface area contributed by atoms with Crippen molar-refractivity contribution in [2.45, 2.75) is 38.1 Å². The topological polar surface area (TPSA) is 29.1 Å². The Bertz CT molecular complexity index is 428. The Hall–Kier alpha value is -0.670. The second kappa shape index (κ2) is 6.67. The van der Waals surface area contributed by atoms with E-state index in [0.29, 0.717) is 5.75 Å². The number of carbonyl (C=O) groups is 1. The molecule has 2 nitrogen and oxygen atoms in total. The predicted octanol–water partition coefficient (Wildman–Crippen LogP) is 3.98. The lowest BCUT2D eigenvalue weighted by Gasteiger charge is -2.43. The number of nitrogens with one attached hydrogen (secondary N) is 1. The fourth-order valence-corrected chi connectivity index (χ4v) is 3.21. The number of carbonyl (C=O) groups excluding carboxylic acids is 1. The van der Waals surface area contributed by atoms with Gasteiger partial charge in [-0.1, -0.05) is 30.7 Å². The van der Waals surface area contributed by atoms with Crippen LogP contribution in [0.25, 0.3) is 0 Å². The van der Waals surface area contributed by atoms with Crippen LogP contribution in [0.2, 0.25) is 5.02 Å². The molecule has 1 fully saturated rings. The lowest BCUT2D eigenvalue weighted by Crippen LogP contribution is -2.51. The second-order valence-corrected chi connectivity index (χ2v) is 6.58. The highest BCUT2D eigenvalue weighted by Crippen LogP contribution is 2.41. The Labute approximate surface area is 124 Å². The zero-order chi connectivity index (χ0) is 13.7. The van der Waals surface area contributed by atoms with Crippen LogP contribution in [-0.2, 0) is 10.3 Å². The summed E-state index contributed by atoms with van der Waals surface area (Å²) < 4.78 is 0. The Morgan fingerprint density at radius 1 is 1.37 bits per heavy atom. The van der Waals surface area contributed by atoms with Crippen LogP contribution >= 0.6 is 23.4 Å². The van der Waals surface area contributed by atoms with Gasteiger partial charge in [-0.3, -0.25) is 4.79 Å². The first kappa shape index (κ1) is 14.7. The molecule has 1 aromatic carbocycles. The molecule has 1 N–H and O–H groups in total. The van der Waals surface area contributed by atoms with Crippen LogP contribution in [0.4, 0.5) is 0 Å². The van der Waals surface area contributed by atoms with Crippen molar-refractivity contribution in [1.29, 1.82) is 0 Å². The van der Waals surface area contributed by atoms with Gasteiger partial charge in [0.2, 0.25) is 5.91 Å². The van der Waals surface area contributed by atoms with Crippen molar-refractivity contribution in [1.82, 2.24) is 5.32 Å². The lowest BCUT2D eigenvalue weighted by molar-refractivity contribution is -0.121. The van der Waals surface area contributed by atoms with E-state index in [0.717, 1.165) is 30.0 Å². The van der Waals surface area contributed by atoms with E-state index in [-0.39, 0.29) is 11.4 Å². The summed E-state index contributed by atoms with van der Waals surface area (Å²) in [5.74, 6) is 1.75. The van der Waals surface area contributed by atoms with E-state index in [1.54, 1.807) is 11.8 Å². The minimum atomic E-state index is -0.144. The monoisotopic (exact) mass is 297 g/mol. The molecule has 1 amide bonds. The van der Waals surface area contributed by atoms with Gasteiger partial charge in [0.25, 0.3) is 0 Å². The molecule has 1 aliphatic carbocycles. The molecule has 2 rings (SSSR count). The summed E-state index contributed by atoms with van der Waals surface area (Å²) in [5, 5.41) is 3.96. The third-order valence-corrected chi connectivity index (χ3v) is 4.98. The van der Waals surface area contributed by atoms with E-state index in [2.05, 4.69) is 12.2 Å². The van der Waals surface area contributed by atoms with E-state index in [1.807, 2.05) is 24.3 Å². The van der Waals surface area contributed by atoms with E-state index >= 15 is 0 Å². The molecule has 1 saturated carbocycles. The summed E-state index contributed by atoms with van der Waals surface area (Å²) in [7, 11) is 0. The third kappa shape index (κ3) is 3.67. The third-order valence-electron chi connectivity index (χ3n) is 3.56. The van der Waals surface area contributed by atoms with Crippen molar-refractivity contribution in [2.24, 2.45) is 0 Å². The molecular formula is C15H20ClNOS. The van der Waals surface area contributed by atoms with Gasteiger partial charge in [0.05, 0.1) is 11.3 Å². The molecule has 4 heteroatoms. The summed E-state index contributed by atoms with van der Waals surface area (Å²) in [4.78, 5) is 12.0. The molecular weight excluding hydrogens is 278 g/mol. The molecule has 0 radical (unpaired) electrons. The first-order chi connectivity index (χ1) is 9.16. The van der Waals surface area contributed by atoms with Gasteiger partial charge in [-0.15, -0.1) is 0 Å². The summed E-state index contributed by atoms with van der Waals surface area (Å²) in [5.41, 5.74) is 1.03. The minimum Gasteiger partial charge on any atom is -0.346 e. The van der Waals surface area contributed by atoms with Crippen LogP contribution < -0.4 is 5.32 Å². The normalized spacial score (nSPS) is 16.7. The van der Waals surface area contributed by atoms with Crippen molar-refractivity contribution in [2.75, 3.05) is 11.5 Å². The van der Waals surface area contributed by atoms with Gasteiger partial charge >= 0.3 is 0 Å². The number of halogens is 1. The minimum absolute atomic E-state index is 0.144. The first-order valence-corrected chi connectivity index (χ1v) is 8.34. The Kier molecular flexibility index (Phi) is 5.17. The Morgan fingerprint density at radius 2 is 2.05 bits per heavy atom. The maximum Gasteiger partial charge on any atom is 0.230 e. The molecule has 0 bridgehead atoms.